The second-order valence-electron chi connectivity index (χ2n) is 6.13. The Bertz CT molecular complexity index is 905. The number of benzene rings is 1. The van der Waals surface area contributed by atoms with Crippen LogP contribution in [0.25, 0.3) is 6.08 Å². The summed E-state index contributed by atoms with van der Waals surface area (Å²) in [5, 5.41) is -0.422. The number of rotatable bonds is 4. The Balaban J connectivity index is 1.50. The van der Waals surface area contributed by atoms with Gasteiger partial charge in [0.1, 0.15) is 11.6 Å². The normalized spacial score (nSPS) is 19.4. The predicted octanol–water partition coefficient (Wildman–Crippen LogP) is 3.49. The molecule has 0 atom stereocenters. The number of thioether (sulfide) groups is 1. The van der Waals surface area contributed by atoms with E-state index in [1.165, 1.54) is 6.07 Å². The number of hydrogen-bond acceptors (Lipinski definition) is 6. The zero-order chi connectivity index (χ0) is 18.8. The van der Waals surface area contributed by atoms with E-state index in [1.807, 2.05) is 6.07 Å². The van der Waals surface area contributed by atoms with Crippen molar-refractivity contribution in [1.82, 2.24) is 4.90 Å². The molecule has 27 heavy (non-hydrogen) atoms. The summed E-state index contributed by atoms with van der Waals surface area (Å²) in [6.45, 7) is 2.68. The van der Waals surface area contributed by atoms with Gasteiger partial charge < -0.3 is 14.1 Å². The van der Waals surface area contributed by atoms with E-state index in [-0.39, 0.29) is 11.4 Å². The van der Waals surface area contributed by atoms with E-state index in [9.17, 15) is 14.0 Å². The van der Waals surface area contributed by atoms with Gasteiger partial charge in [-0.05, 0) is 23.9 Å². The van der Waals surface area contributed by atoms with E-state index in [2.05, 4.69) is 4.90 Å². The van der Waals surface area contributed by atoms with Crippen molar-refractivity contribution < 1.29 is 23.1 Å². The fraction of sp³-hybridized carbons (Fsp3) is 0.263. The van der Waals surface area contributed by atoms with Gasteiger partial charge in [0.05, 0.1) is 24.7 Å². The Labute approximate surface area is 159 Å². The molecule has 2 amide bonds. The Morgan fingerprint density at radius 3 is 2.67 bits per heavy atom. The van der Waals surface area contributed by atoms with Crippen molar-refractivity contribution in [2.75, 3.05) is 31.2 Å². The van der Waals surface area contributed by atoms with Crippen LogP contribution in [0, 0.1) is 5.82 Å². The van der Waals surface area contributed by atoms with Crippen LogP contribution in [0.4, 0.5) is 15.1 Å². The highest BCUT2D eigenvalue weighted by Gasteiger charge is 2.35. The number of carbonyl (C=O) groups is 2. The zero-order valence-electron chi connectivity index (χ0n) is 14.4. The smallest absolute Gasteiger partial charge is 0.293 e. The molecule has 8 heteroatoms. The molecule has 2 saturated heterocycles. The van der Waals surface area contributed by atoms with Crippen LogP contribution in [0.2, 0.25) is 0 Å². The highest BCUT2D eigenvalue weighted by Crippen LogP contribution is 2.34. The van der Waals surface area contributed by atoms with Crippen molar-refractivity contribution in [2.24, 2.45) is 0 Å². The van der Waals surface area contributed by atoms with Crippen LogP contribution in [-0.2, 0) is 16.1 Å². The van der Waals surface area contributed by atoms with Gasteiger partial charge >= 0.3 is 0 Å². The van der Waals surface area contributed by atoms with Gasteiger partial charge in [-0.2, -0.15) is 0 Å². The molecule has 140 valence electrons. The van der Waals surface area contributed by atoms with Crippen LogP contribution in [0.15, 0.2) is 45.7 Å². The van der Waals surface area contributed by atoms with Crippen LogP contribution in [-0.4, -0.2) is 42.3 Å². The molecule has 1 aromatic carbocycles. The van der Waals surface area contributed by atoms with E-state index >= 15 is 0 Å². The SMILES string of the molecule is O=C1SC(=Cc2ccc(N3CCOCC3)o2)C(=O)N1Cc1ccccc1F. The molecule has 3 heterocycles. The number of anilines is 1. The molecular formula is C19H17FN2O4S. The quantitative estimate of drug-likeness (QED) is 0.747. The lowest BCUT2D eigenvalue weighted by molar-refractivity contribution is -0.123. The number of morpholine rings is 1. The Morgan fingerprint density at radius 2 is 1.89 bits per heavy atom. The molecule has 0 N–H and O–H groups in total. The molecule has 0 unspecified atom stereocenters. The maximum Gasteiger partial charge on any atom is 0.293 e. The standard InChI is InChI=1S/C19H17FN2O4S/c20-15-4-2-1-3-13(15)12-22-18(23)16(27-19(22)24)11-14-5-6-17(26-14)21-7-9-25-10-8-21/h1-6,11H,7-10,12H2. The molecule has 2 fully saturated rings. The Morgan fingerprint density at radius 1 is 1.11 bits per heavy atom. The van der Waals surface area contributed by atoms with Gasteiger partial charge in [0, 0.05) is 30.8 Å². The first-order chi connectivity index (χ1) is 13.1. The molecule has 1 aromatic heterocycles. The lowest BCUT2D eigenvalue weighted by Crippen LogP contribution is -2.35. The van der Waals surface area contributed by atoms with Gasteiger partial charge in [-0.3, -0.25) is 14.5 Å². The number of furan rings is 1. The summed E-state index contributed by atoms with van der Waals surface area (Å²) in [6.07, 6.45) is 1.55. The molecule has 0 bridgehead atoms. The molecule has 6 nitrogen and oxygen atoms in total. The number of imide groups is 1. The van der Waals surface area contributed by atoms with E-state index in [1.54, 1.807) is 30.3 Å². The number of halogens is 1. The van der Waals surface area contributed by atoms with Crippen LogP contribution in [0.5, 0.6) is 0 Å². The van der Waals surface area contributed by atoms with Crippen molar-refractivity contribution in [3.63, 3.8) is 0 Å². The van der Waals surface area contributed by atoms with Gasteiger partial charge in [0.2, 0.25) is 0 Å². The third kappa shape index (κ3) is 3.77. The predicted molar refractivity (Wildman–Crippen MR) is 99.7 cm³/mol. The largest absolute Gasteiger partial charge is 0.441 e. The van der Waals surface area contributed by atoms with E-state index < -0.39 is 17.0 Å². The summed E-state index contributed by atoms with van der Waals surface area (Å²) in [5.74, 6) is 0.308. The minimum Gasteiger partial charge on any atom is -0.441 e. The number of carbonyl (C=O) groups excluding carboxylic acids is 2. The summed E-state index contributed by atoms with van der Waals surface area (Å²) in [7, 11) is 0. The second kappa shape index (κ2) is 7.58. The van der Waals surface area contributed by atoms with Crippen molar-refractivity contribution in [3.8, 4) is 0 Å². The van der Waals surface area contributed by atoms with Gasteiger partial charge in [0.25, 0.3) is 11.1 Å². The van der Waals surface area contributed by atoms with Crippen molar-refractivity contribution in [3.05, 3.63) is 58.4 Å². The van der Waals surface area contributed by atoms with Crippen LogP contribution in [0.1, 0.15) is 11.3 Å². The molecule has 2 aliphatic heterocycles. The fourth-order valence-electron chi connectivity index (χ4n) is 2.94. The van der Waals surface area contributed by atoms with Gasteiger partial charge in [0.15, 0.2) is 5.88 Å². The van der Waals surface area contributed by atoms with Gasteiger partial charge in [-0.1, -0.05) is 18.2 Å². The maximum absolute atomic E-state index is 13.8. The summed E-state index contributed by atoms with van der Waals surface area (Å²) in [5.41, 5.74) is 0.300. The van der Waals surface area contributed by atoms with Crippen LogP contribution < -0.4 is 4.90 Å². The highest BCUT2D eigenvalue weighted by atomic mass is 32.2. The minimum atomic E-state index is -0.447. The van der Waals surface area contributed by atoms with Crippen molar-refractivity contribution in [2.45, 2.75) is 6.54 Å². The lowest BCUT2D eigenvalue weighted by Gasteiger charge is -2.26. The Kier molecular flexibility index (Phi) is 5.00. The molecule has 0 saturated carbocycles. The van der Waals surface area contributed by atoms with E-state index in [4.69, 9.17) is 9.15 Å². The lowest BCUT2D eigenvalue weighted by atomic mass is 10.2. The summed E-state index contributed by atoms with van der Waals surface area (Å²) in [4.78, 5) is 28.1. The third-order valence-corrected chi connectivity index (χ3v) is 5.28. The Hall–Kier alpha value is -2.58. The number of nitrogens with zero attached hydrogens (tertiary/aromatic N) is 2. The summed E-state index contributed by atoms with van der Waals surface area (Å²) in [6, 6.07) is 9.69. The number of hydrogen-bond donors (Lipinski definition) is 0. The fourth-order valence-corrected chi connectivity index (χ4v) is 3.75. The van der Waals surface area contributed by atoms with E-state index in [0.29, 0.717) is 30.4 Å². The molecule has 0 aliphatic carbocycles. The van der Waals surface area contributed by atoms with Crippen LogP contribution in [0.3, 0.4) is 0 Å². The van der Waals surface area contributed by atoms with Gasteiger partial charge in [-0.15, -0.1) is 0 Å². The average Bonchev–Trinajstić information content (AvgIpc) is 3.25. The van der Waals surface area contributed by atoms with Crippen molar-refractivity contribution >= 4 is 34.9 Å². The first-order valence-electron chi connectivity index (χ1n) is 8.53. The first-order valence-corrected chi connectivity index (χ1v) is 9.35. The molecular weight excluding hydrogens is 371 g/mol. The first kappa shape index (κ1) is 17.8. The molecule has 0 radical (unpaired) electrons. The van der Waals surface area contributed by atoms with Gasteiger partial charge in [-0.25, -0.2) is 4.39 Å². The monoisotopic (exact) mass is 388 g/mol. The summed E-state index contributed by atoms with van der Waals surface area (Å²) < 4.78 is 24.9. The second-order valence-corrected chi connectivity index (χ2v) is 7.13. The molecule has 4 rings (SSSR count). The topological polar surface area (TPSA) is 63.0 Å². The number of amides is 2. The van der Waals surface area contributed by atoms with E-state index in [0.717, 1.165) is 29.8 Å². The minimum absolute atomic E-state index is 0.0914. The maximum atomic E-state index is 13.8. The number of ether oxygens (including phenoxy) is 1. The summed E-state index contributed by atoms with van der Waals surface area (Å²) >= 11 is 0.829. The molecule has 2 aliphatic rings. The molecule has 2 aromatic rings. The molecule has 0 spiro atoms. The zero-order valence-corrected chi connectivity index (χ0v) is 15.2. The third-order valence-electron chi connectivity index (χ3n) is 4.37. The highest BCUT2D eigenvalue weighted by molar-refractivity contribution is 8.18. The average molecular weight is 388 g/mol. The van der Waals surface area contributed by atoms with Crippen molar-refractivity contribution in [1.29, 1.82) is 0 Å². The van der Waals surface area contributed by atoms with Crippen LogP contribution >= 0.6 is 11.8 Å².